The number of rotatable bonds is 5. The molecule has 0 unspecified atom stereocenters. The van der Waals surface area contributed by atoms with Gasteiger partial charge in [-0.1, -0.05) is 37.3 Å². The van der Waals surface area contributed by atoms with E-state index in [0.717, 1.165) is 24.5 Å². The largest absolute Gasteiger partial charge is 0.241 e. The molecule has 0 atom stereocenters. The average Bonchev–Trinajstić information content (AvgIpc) is 2.81. The van der Waals surface area contributed by atoms with Gasteiger partial charge in [-0.15, -0.1) is 0 Å². The number of benzene rings is 3. The maximum atomic E-state index is 14.6. The van der Waals surface area contributed by atoms with E-state index < -0.39 is 23.3 Å². The molecule has 0 saturated carbocycles. The molecule has 0 spiro atoms. The Morgan fingerprint density at radius 2 is 1.45 bits per heavy atom. The first-order valence-corrected chi connectivity index (χ1v) is 10.6. The molecule has 0 bridgehead atoms. The van der Waals surface area contributed by atoms with Gasteiger partial charge in [-0.2, -0.15) is 0 Å². The zero-order chi connectivity index (χ0) is 23.4. The number of fused-ring (bicyclic) bond motifs is 1. The molecule has 2 nitrogen and oxygen atoms in total. The van der Waals surface area contributed by atoms with Gasteiger partial charge in [0.2, 0.25) is 0 Å². The summed E-state index contributed by atoms with van der Waals surface area (Å²) in [5.74, 6) is 2.43. The molecule has 0 aliphatic rings. The lowest BCUT2D eigenvalue weighted by atomic mass is 10.0. The lowest BCUT2D eigenvalue weighted by Crippen LogP contribution is -2.01. The first kappa shape index (κ1) is 22.5. The number of aromatic nitrogens is 2. The van der Waals surface area contributed by atoms with Crippen LogP contribution in [0.15, 0.2) is 54.9 Å². The molecule has 0 fully saturated rings. The van der Waals surface area contributed by atoms with Crippen molar-refractivity contribution < 1.29 is 17.6 Å². The molecule has 6 heteroatoms. The van der Waals surface area contributed by atoms with Gasteiger partial charge in [-0.25, -0.2) is 27.5 Å². The van der Waals surface area contributed by atoms with Crippen molar-refractivity contribution in [2.45, 2.75) is 32.6 Å². The van der Waals surface area contributed by atoms with Crippen molar-refractivity contribution in [3.05, 3.63) is 106 Å². The van der Waals surface area contributed by atoms with Crippen LogP contribution in [0.25, 0.3) is 10.8 Å². The van der Waals surface area contributed by atoms with Gasteiger partial charge >= 0.3 is 0 Å². The summed E-state index contributed by atoms with van der Waals surface area (Å²) >= 11 is 0. The van der Waals surface area contributed by atoms with Crippen molar-refractivity contribution in [1.82, 2.24) is 9.97 Å². The second-order valence-electron chi connectivity index (χ2n) is 7.74. The zero-order valence-corrected chi connectivity index (χ0v) is 17.9. The van der Waals surface area contributed by atoms with Crippen molar-refractivity contribution in [1.29, 1.82) is 0 Å². The van der Waals surface area contributed by atoms with E-state index in [2.05, 4.69) is 28.7 Å². The maximum Gasteiger partial charge on any atom is 0.166 e. The predicted octanol–water partition coefficient (Wildman–Crippen LogP) is 6.32. The third-order valence-corrected chi connectivity index (χ3v) is 5.28. The molecule has 0 radical (unpaired) electrons. The lowest BCUT2D eigenvalue weighted by molar-refractivity contribution is 0.517. The van der Waals surface area contributed by atoms with Crippen molar-refractivity contribution in [3.63, 3.8) is 0 Å². The highest BCUT2D eigenvalue weighted by molar-refractivity contribution is 5.84. The summed E-state index contributed by atoms with van der Waals surface area (Å²) < 4.78 is 56.3. The molecule has 0 amide bonds. The fourth-order valence-electron chi connectivity index (χ4n) is 3.55. The highest BCUT2D eigenvalue weighted by atomic mass is 19.2. The van der Waals surface area contributed by atoms with E-state index in [1.54, 1.807) is 18.5 Å². The highest BCUT2D eigenvalue weighted by Gasteiger charge is 2.11. The molecular weight excluding hydrogens is 428 g/mol. The minimum absolute atomic E-state index is 0.117. The van der Waals surface area contributed by atoms with Gasteiger partial charge in [0.1, 0.15) is 17.5 Å². The summed E-state index contributed by atoms with van der Waals surface area (Å²) in [6, 6.07) is 9.39. The summed E-state index contributed by atoms with van der Waals surface area (Å²) in [6.07, 6.45) is 6.34. The minimum atomic E-state index is -0.943. The molecule has 4 rings (SSSR count). The van der Waals surface area contributed by atoms with Crippen LogP contribution >= 0.6 is 0 Å². The Morgan fingerprint density at radius 3 is 2.15 bits per heavy atom. The van der Waals surface area contributed by atoms with E-state index in [-0.39, 0.29) is 10.9 Å². The van der Waals surface area contributed by atoms with Crippen LogP contribution in [-0.2, 0) is 19.3 Å². The second kappa shape index (κ2) is 9.83. The van der Waals surface area contributed by atoms with E-state index in [0.29, 0.717) is 35.2 Å². The normalized spacial score (nSPS) is 10.8. The summed E-state index contributed by atoms with van der Waals surface area (Å²) in [5, 5.41) is 0.563. The fourth-order valence-corrected chi connectivity index (χ4v) is 3.55. The third-order valence-electron chi connectivity index (χ3n) is 5.28. The van der Waals surface area contributed by atoms with E-state index in [1.807, 2.05) is 0 Å². The van der Waals surface area contributed by atoms with Crippen molar-refractivity contribution in [2.75, 3.05) is 0 Å². The molecule has 0 saturated heterocycles. The molecule has 1 heterocycles. The van der Waals surface area contributed by atoms with Gasteiger partial charge in [-0.05, 0) is 59.7 Å². The van der Waals surface area contributed by atoms with Crippen LogP contribution in [0.5, 0.6) is 0 Å². The summed E-state index contributed by atoms with van der Waals surface area (Å²) in [7, 11) is 0. The Balaban J connectivity index is 1.50. The SMILES string of the molecule is CCCc1cnc(CCc2cc(F)c(C#Cc3ccc4c(F)c(F)ccc4c3)c(F)c2)nc1. The van der Waals surface area contributed by atoms with Gasteiger partial charge < -0.3 is 0 Å². The van der Waals surface area contributed by atoms with Crippen LogP contribution in [0.4, 0.5) is 17.6 Å². The van der Waals surface area contributed by atoms with Crippen molar-refractivity contribution >= 4 is 10.8 Å². The molecule has 0 aliphatic heterocycles. The Labute approximate surface area is 189 Å². The van der Waals surface area contributed by atoms with Crippen molar-refractivity contribution in [2.24, 2.45) is 0 Å². The average molecular weight is 448 g/mol. The van der Waals surface area contributed by atoms with Crippen LogP contribution in [0.1, 0.15) is 41.4 Å². The monoisotopic (exact) mass is 448 g/mol. The maximum absolute atomic E-state index is 14.6. The Hall–Kier alpha value is -3.72. The first-order valence-electron chi connectivity index (χ1n) is 10.6. The number of hydrogen-bond acceptors (Lipinski definition) is 2. The molecule has 0 aliphatic carbocycles. The highest BCUT2D eigenvalue weighted by Crippen LogP contribution is 2.22. The fraction of sp³-hybridized carbons (Fsp3) is 0.185. The molecule has 0 N–H and O–H groups in total. The van der Waals surface area contributed by atoms with E-state index in [1.165, 1.54) is 30.3 Å². The Kier molecular flexibility index (Phi) is 6.69. The quantitative estimate of drug-likeness (QED) is 0.264. The minimum Gasteiger partial charge on any atom is -0.241 e. The number of hydrogen-bond donors (Lipinski definition) is 0. The summed E-state index contributed by atoms with van der Waals surface area (Å²) in [5.41, 5.74) is 1.63. The van der Waals surface area contributed by atoms with Crippen LogP contribution in [-0.4, -0.2) is 9.97 Å². The molecule has 3 aromatic carbocycles. The number of nitrogens with zero attached hydrogens (tertiary/aromatic N) is 2. The van der Waals surface area contributed by atoms with E-state index in [4.69, 9.17) is 0 Å². The smallest absolute Gasteiger partial charge is 0.166 e. The third kappa shape index (κ3) is 5.20. The van der Waals surface area contributed by atoms with Crippen molar-refractivity contribution in [3.8, 4) is 11.8 Å². The van der Waals surface area contributed by atoms with E-state index in [9.17, 15) is 17.6 Å². The first-order chi connectivity index (χ1) is 15.9. The molecule has 1 aromatic heterocycles. The molecule has 33 heavy (non-hydrogen) atoms. The van der Waals surface area contributed by atoms with Gasteiger partial charge in [-0.3, -0.25) is 0 Å². The predicted molar refractivity (Wildman–Crippen MR) is 120 cm³/mol. The zero-order valence-electron chi connectivity index (χ0n) is 17.9. The van der Waals surface area contributed by atoms with Gasteiger partial charge in [0.05, 0.1) is 5.56 Å². The molecule has 4 aromatic rings. The summed E-state index contributed by atoms with van der Waals surface area (Å²) in [4.78, 5) is 8.61. The number of halogens is 4. The van der Waals surface area contributed by atoms with Gasteiger partial charge in [0.25, 0.3) is 0 Å². The van der Waals surface area contributed by atoms with Crippen LogP contribution in [0.3, 0.4) is 0 Å². The van der Waals surface area contributed by atoms with Crippen LogP contribution in [0, 0.1) is 35.1 Å². The van der Waals surface area contributed by atoms with Crippen LogP contribution in [0.2, 0.25) is 0 Å². The van der Waals surface area contributed by atoms with Gasteiger partial charge in [0.15, 0.2) is 11.6 Å². The number of aryl methyl sites for hydroxylation is 3. The topological polar surface area (TPSA) is 25.8 Å². The molecular formula is C27H20F4N2. The van der Waals surface area contributed by atoms with Gasteiger partial charge in [0, 0.05) is 29.8 Å². The van der Waals surface area contributed by atoms with Crippen LogP contribution < -0.4 is 0 Å². The lowest BCUT2D eigenvalue weighted by Gasteiger charge is -2.05. The second-order valence-corrected chi connectivity index (χ2v) is 7.74. The standard InChI is InChI=1S/C27H20F4N2/c1-2-3-19-15-32-26(33-16-19)11-6-18-13-24(29)22(25(30)14-18)9-5-17-4-8-21-20(12-17)7-10-23(28)27(21)31/h4,7-8,10,12-16H,2-3,6,11H2,1H3. The van der Waals surface area contributed by atoms with E-state index >= 15 is 0 Å². The summed E-state index contributed by atoms with van der Waals surface area (Å²) in [6.45, 7) is 2.08. The Morgan fingerprint density at radius 1 is 0.727 bits per heavy atom. The molecule has 166 valence electrons. The Bertz CT molecular complexity index is 1350.